The van der Waals surface area contributed by atoms with Gasteiger partial charge in [-0.1, -0.05) is 18.2 Å². The number of thiazole rings is 1. The van der Waals surface area contributed by atoms with Crippen molar-refractivity contribution in [1.82, 2.24) is 4.98 Å². The van der Waals surface area contributed by atoms with Gasteiger partial charge in [-0.25, -0.2) is 4.98 Å². The predicted octanol–water partition coefficient (Wildman–Crippen LogP) is 4.36. The Morgan fingerprint density at radius 1 is 1.36 bits per heavy atom. The molecule has 0 aliphatic heterocycles. The van der Waals surface area contributed by atoms with Gasteiger partial charge in [0.1, 0.15) is 5.75 Å². The molecule has 140 valence electrons. The molecule has 28 heavy (non-hydrogen) atoms. The molecule has 0 spiro atoms. The number of rotatable bonds is 4. The van der Waals surface area contributed by atoms with Crippen molar-refractivity contribution in [2.45, 2.75) is 19.3 Å². The van der Waals surface area contributed by atoms with Gasteiger partial charge in [0.05, 0.1) is 24.2 Å². The number of carbonyl (C=O) groups excluding carboxylic acids is 1. The lowest BCUT2D eigenvalue weighted by atomic mass is 9.73. The lowest BCUT2D eigenvalue weighted by molar-refractivity contribution is -0.125. The number of nitriles is 1. The molecule has 1 amide bonds. The van der Waals surface area contributed by atoms with Crippen LogP contribution in [-0.4, -0.2) is 18.0 Å². The van der Waals surface area contributed by atoms with Crippen molar-refractivity contribution < 1.29 is 9.53 Å². The summed E-state index contributed by atoms with van der Waals surface area (Å²) in [6, 6.07) is 15.7. The molecule has 1 N–H and O–H groups in total. The molecule has 1 aliphatic carbocycles. The molecule has 0 bridgehead atoms. The second-order valence-electron chi connectivity index (χ2n) is 7.12. The van der Waals surface area contributed by atoms with Gasteiger partial charge in [0.2, 0.25) is 5.91 Å². The summed E-state index contributed by atoms with van der Waals surface area (Å²) in [6.07, 6.45) is 2.26. The largest absolute Gasteiger partial charge is 0.497 e. The van der Waals surface area contributed by atoms with Gasteiger partial charge in [-0.3, -0.25) is 4.79 Å². The SMILES string of the molecule is COc1cccc(C2c3cc(C#N)ccc3CC2(C)C(=O)Nc2nccs2)c1. The Balaban J connectivity index is 1.82. The summed E-state index contributed by atoms with van der Waals surface area (Å²) in [5.74, 6) is 0.473. The van der Waals surface area contributed by atoms with E-state index in [0.29, 0.717) is 17.1 Å². The maximum atomic E-state index is 13.4. The highest BCUT2D eigenvalue weighted by Crippen LogP contribution is 2.52. The average molecular weight is 389 g/mol. The minimum Gasteiger partial charge on any atom is -0.497 e. The number of hydrogen-bond donors (Lipinski definition) is 1. The van der Waals surface area contributed by atoms with Crippen molar-refractivity contribution in [2.24, 2.45) is 5.41 Å². The fourth-order valence-corrected chi connectivity index (χ4v) is 4.56. The van der Waals surface area contributed by atoms with E-state index in [9.17, 15) is 10.1 Å². The third-order valence-corrected chi connectivity index (χ3v) is 6.07. The van der Waals surface area contributed by atoms with Crippen molar-refractivity contribution >= 4 is 22.4 Å². The summed E-state index contributed by atoms with van der Waals surface area (Å²) in [4.78, 5) is 17.5. The molecule has 2 atom stereocenters. The van der Waals surface area contributed by atoms with Crippen LogP contribution < -0.4 is 10.1 Å². The molecule has 6 heteroatoms. The predicted molar refractivity (Wildman–Crippen MR) is 109 cm³/mol. The Kier molecular flexibility index (Phi) is 4.62. The van der Waals surface area contributed by atoms with Gasteiger partial charge < -0.3 is 10.1 Å². The van der Waals surface area contributed by atoms with Crippen LogP contribution >= 0.6 is 11.3 Å². The van der Waals surface area contributed by atoms with Crippen molar-refractivity contribution in [2.75, 3.05) is 12.4 Å². The summed E-state index contributed by atoms with van der Waals surface area (Å²) in [7, 11) is 1.63. The molecule has 5 nitrogen and oxygen atoms in total. The third kappa shape index (κ3) is 3.04. The van der Waals surface area contributed by atoms with Crippen LogP contribution in [0.25, 0.3) is 0 Å². The lowest BCUT2D eigenvalue weighted by Gasteiger charge is -2.31. The first-order valence-corrected chi connectivity index (χ1v) is 9.81. The molecule has 3 aromatic rings. The molecule has 0 radical (unpaired) electrons. The fraction of sp³-hybridized carbons (Fsp3) is 0.227. The van der Waals surface area contributed by atoms with E-state index >= 15 is 0 Å². The van der Waals surface area contributed by atoms with Crippen molar-refractivity contribution in [3.05, 3.63) is 76.3 Å². The van der Waals surface area contributed by atoms with E-state index in [4.69, 9.17) is 4.74 Å². The van der Waals surface area contributed by atoms with Crippen LogP contribution in [0.1, 0.15) is 35.1 Å². The molecular formula is C22H19N3O2S. The van der Waals surface area contributed by atoms with Gasteiger partial charge in [0.15, 0.2) is 5.13 Å². The van der Waals surface area contributed by atoms with E-state index in [1.54, 1.807) is 13.3 Å². The van der Waals surface area contributed by atoms with E-state index in [0.717, 1.165) is 22.4 Å². The molecule has 0 fully saturated rings. The second kappa shape index (κ2) is 7.10. The first-order valence-electron chi connectivity index (χ1n) is 8.93. The van der Waals surface area contributed by atoms with Crippen LogP contribution in [-0.2, 0) is 11.2 Å². The van der Waals surface area contributed by atoms with Gasteiger partial charge in [-0.15, -0.1) is 11.3 Å². The minimum absolute atomic E-state index is 0.0787. The van der Waals surface area contributed by atoms with Gasteiger partial charge in [-0.05, 0) is 54.3 Å². The van der Waals surface area contributed by atoms with Gasteiger partial charge in [0.25, 0.3) is 0 Å². The van der Waals surface area contributed by atoms with Crippen LogP contribution in [0.3, 0.4) is 0 Å². The Labute approximate surface area is 167 Å². The highest BCUT2D eigenvalue weighted by Gasteiger charge is 2.49. The van der Waals surface area contributed by atoms with E-state index in [1.165, 1.54) is 11.3 Å². The molecule has 1 aromatic heterocycles. The van der Waals surface area contributed by atoms with Gasteiger partial charge in [0, 0.05) is 17.5 Å². The summed E-state index contributed by atoms with van der Waals surface area (Å²) >= 11 is 1.40. The van der Waals surface area contributed by atoms with Crippen LogP contribution in [0, 0.1) is 16.7 Å². The van der Waals surface area contributed by atoms with Crippen molar-refractivity contribution in [3.63, 3.8) is 0 Å². The summed E-state index contributed by atoms with van der Waals surface area (Å²) in [5, 5.41) is 14.8. The number of nitrogens with zero attached hydrogens (tertiary/aromatic N) is 2. The summed E-state index contributed by atoms with van der Waals surface area (Å²) in [6.45, 7) is 1.98. The molecule has 2 aromatic carbocycles. The molecule has 4 rings (SSSR count). The van der Waals surface area contributed by atoms with E-state index in [-0.39, 0.29) is 11.8 Å². The van der Waals surface area contributed by atoms with Crippen molar-refractivity contribution in [1.29, 1.82) is 5.26 Å². The monoisotopic (exact) mass is 389 g/mol. The Bertz CT molecular complexity index is 1070. The number of aromatic nitrogens is 1. The van der Waals surface area contributed by atoms with Crippen LogP contribution in [0.4, 0.5) is 5.13 Å². The fourth-order valence-electron chi connectivity index (χ4n) is 4.04. The van der Waals surface area contributed by atoms with Crippen molar-refractivity contribution in [3.8, 4) is 11.8 Å². The zero-order valence-electron chi connectivity index (χ0n) is 15.6. The smallest absolute Gasteiger partial charge is 0.233 e. The topological polar surface area (TPSA) is 75.0 Å². The number of methoxy groups -OCH3 is 1. The maximum absolute atomic E-state index is 13.4. The number of fused-ring (bicyclic) bond motifs is 1. The zero-order chi connectivity index (χ0) is 19.7. The Morgan fingerprint density at radius 3 is 2.93 bits per heavy atom. The highest BCUT2D eigenvalue weighted by atomic mass is 32.1. The van der Waals surface area contributed by atoms with Crippen LogP contribution in [0.15, 0.2) is 54.0 Å². The summed E-state index contributed by atoms with van der Waals surface area (Å²) < 4.78 is 5.40. The van der Waals surface area contributed by atoms with E-state index in [1.807, 2.05) is 54.8 Å². The number of anilines is 1. The third-order valence-electron chi connectivity index (χ3n) is 5.38. The lowest BCUT2D eigenvalue weighted by Crippen LogP contribution is -2.37. The first kappa shape index (κ1) is 18.2. The molecule has 0 saturated carbocycles. The van der Waals surface area contributed by atoms with Crippen LogP contribution in [0.2, 0.25) is 0 Å². The molecule has 1 heterocycles. The van der Waals surface area contributed by atoms with Gasteiger partial charge in [-0.2, -0.15) is 5.26 Å². The number of benzene rings is 2. The van der Waals surface area contributed by atoms with E-state index < -0.39 is 5.41 Å². The zero-order valence-corrected chi connectivity index (χ0v) is 16.4. The number of hydrogen-bond acceptors (Lipinski definition) is 5. The molecule has 2 unspecified atom stereocenters. The van der Waals surface area contributed by atoms with Crippen LogP contribution in [0.5, 0.6) is 5.75 Å². The Hall–Kier alpha value is -3.17. The van der Waals surface area contributed by atoms with E-state index in [2.05, 4.69) is 16.4 Å². The molecule has 0 saturated heterocycles. The van der Waals surface area contributed by atoms with Gasteiger partial charge >= 0.3 is 0 Å². The first-order chi connectivity index (χ1) is 13.5. The number of ether oxygens (including phenoxy) is 1. The maximum Gasteiger partial charge on any atom is 0.233 e. The standard InChI is InChI=1S/C22H19N3O2S/c1-22(20(26)25-21-24-8-9-28-21)12-16-7-6-14(13-23)10-18(16)19(22)15-4-3-5-17(11-15)27-2/h3-11,19H,12H2,1-2H3,(H,24,25,26). The Morgan fingerprint density at radius 2 is 2.21 bits per heavy atom. The quantitative estimate of drug-likeness (QED) is 0.719. The molecule has 1 aliphatic rings. The average Bonchev–Trinajstić information content (AvgIpc) is 3.32. The summed E-state index contributed by atoms with van der Waals surface area (Å²) in [5.41, 5.74) is 2.97. The molecular weight excluding hydrogens is 370 g/mol. The number of carbonyl (C=O) groups is 1. The number of amides is 1. The minimum atomic E-state index is -0.714. The highest BCUT2D eigenvalue weighted by molar-refractivity contribution is 7.13. The normalized spacial score (nSPS) is 20.2. The second-order valence-corrected chi connectivity index (χ2v) is 8.02. The number of nitrogens with one attached hydrogen (secondary N) is 1.